The highest BCUT2D eigenvalue weighted by Crippen LogP contribution is 2.69. The molecule has 2 aliphatic carbocycles. The van der Waals surface area contributed by atoms with E-state index in [-0.39, 0.29) is 17.1 Å². The standard InChI is InChI=1S/C35H51NO4Si/c1-22(2)41(23(3)4,24(5)6)39-19-17-34-15-16-35(40-34)29(31(37)32(34)38)12-14-33(7)28(10-11-30(33)35)26-9-8-25-13-18-36-21-27(25)20-26/h8-9,13,18,20-24,28-30,32,38H,10-12,14-17,19H2,1-7H3/t28-,29-,30-,32+,33-,34-,35-/m1/s1. The van der Waals surface area contributed by atoms with Gasteiger partial charge in [-0.15, -0.1) is 0 Å². The number of nitrogens with zero attached hydrogens (tertiary/aromatic N) is 1. The highest BCUT2D eigenvalue weighted by Gasteiger charge is 2.72. The monoisotopic (exact) mass is 577 g/mol. The van der Waals surface area contributed by atoms with Crippen LogP contribution in [-0.2, 0) is 14.0 Å². The molecule has 0 unspecified atom stereocenters. The fourth-order valence-electron chi connectivity index (χ4n) is 10.8. The van der Waals surface area contributed by atoms with Crippen LogP contribution in [0.5, 0.6) is 0 Å². The van der Waals surface area contributed by atoms with Gasteiger partial charge in [0.1, 0.15) is 11.7 Å². The lowest BCUT2D eigenvalue weighted by molar-refractivity contribution is -0.249. The zero-order chi connectivity index (χ0) is 29.4. The molecule has 1 aromatic carbocycles. The summed E-state index contributed by atoms with van der Waals surface area (Å²) < 4.78 is 14.2. The number of pyridine rings is 1. The van der Waals surface area contributed by atoms with Gasteiger partial charge in [-0.25, -0.2) is 0 Å². The molecule has 4 fully saturated rings. The quantitative estimate of drug-likeness (QED) is 0.322. The Kier molecular flexibility index (Phi) is 7.36. The molecule has 3 heterocycles. The van der Waals surface area contributed by atoms with E-state index in [2.05, 4.69) is 77.7 Å². The van der Waals surface area contributed by atoms with Gasteiger partial charge in [-0.05, 0) is 95.5 Å². The summed E-state index contributed by atoms with van der Waals surface area (Å²) in [5.74, 6) is 0.599. The van der Waals surface area contributed by atoms with Crippen molar-refractivity contribution in [3.05, 3.63) is 42.2 Å². The Morgan fingerprint density at radius 2 is 1.71 bits per heavy atom. The normalized spacial score (nSPS) is 36.9. The van der Waals surface area contributed by atoms with Crippen molar-refractivity contribution >= 4 is 24.9 Å². The van der Waals surface area contributed by atoms with E-state index in [4.69, 9.17) is 9.16 Å². The number of fused-ring (bicyclic) bond motifs is 3. The molecule has 0 radical (unpaired) electrons. The third-order valence-corrected chi connectivity index (χ3v) is 18.7. The Morgan fingerprint density at radius 1 is 0.976 bits per heavy atom. The first-order chi connectivity index (χ1) is 19.4. The molecular weight excluding hydrogens is 526 g/mol. The fourth-order valence-corrected chi connectivity index (χ4v) is 16.3. The van der Waals surface area contributed by atoms with E-state index in [1.165, 1.54) is 16.3 Å². The summed E-state index contributed by atoms with van der Waals surface area (Å²) in [7, 11) is -2.05. The summed E-state index contributed by atoms with van der Waals surface area (Å²) in [6, 6.07) is 8.96. The number of aliphatic hydroxyl groups is 1. The van der Waals surface area contributed by atoms with E-state index in [9.17, 15) is 9.90 Å². The number of aliphatic hydroxyl groups excluding tert-OH is 1. The van der Waals surface area contributed by atoms with E-state index in [0.717, 1.165) is 38.5 Å². The third kappa shape index (κ3) is 4.17. The SMILES string of the molecule is CC(C)[Si](OCC[C@@]12CC[C@@]3(O1)[C@H](CC[C@]1(C)[C@@H](c4ccc5ccncc5c4)CC[C@H]13)C(=O)[C@@H]2O)(C(C)C)C(C)C. The van der Waals surface area contributed by atoms with Gasteiger partial charge < -0.3 is 14.3 Å². The molecule has 2 aliphatic heterocycles. The van der Waals surface area contributed by atoms with Crippen LogP contribution in [0.1, 0.15) is 105 Å². The number of carbonyl (C=O) groups is 1. The molecule has 1 N–H and O–H groups in total. The van der Waals surface area contributed by atoms with Crippen LogP contribution in [0, 0.1) is 17.3 Å². The minimum absolute atomic E-state index is 0.0381. The van der Waals surface area contributed by atoms with Gasteiger partial charge in [0.25, 0.3) is 0 Å². The zero-order valence-electron chi connectivity index (χ0n) is 26.3. The first kappa shape index (κ1) is 29.5. The van der Waals surface area contributed by atoms with Crippen molar-refractivity contribution in [3.8, 4) is 0 Å². The molecule has 41 heavy (non-hydrogen) atoms. The molecule has 6 heteroatoms. The second kappa shape index (κ2) is 10.2. The van der Waals surface area contributed by atoms with Crippen molar-refractivity contribution in [3.63, 3.8) is 0 Å². The van der Waals surface area contributed by atoms with Crippen LogP contribution in [0.4, 0.5) is 0 Å². The van der Waals surface area contributed by atoms with Gasteiger partial charge in [-0.3, -0.25) is 9.78 Å². The average molecular weight is 578 g/mol. The van der Waals surface area contributed by atoms with Crippen molar-refractivity contribution in [1.29, 1.82) is 0 Å². The van der Waals surface area contributed by atoms with Crippen LogP contribution in [-0.4, -0.2) is 48.1 Å². The van der Waals surface area contributed by atoms with Gasteiger partial charge >= 0.3 is 0 Å². The predicted molar refractivity (Wildman–Crippen MR) is 166 cm³/mol. The highest BCUT2D eigenvalue weighted by atomic mass is 28.4. The Labute approximate surface area is 247 Å². The first-order valence-electron chi connectivity index (χ1n) is 16.3. The second-order valence-electron chi connectivity index (χ2n) is 15.1. The Hall–Kier alpha value is -1.60. The fraction of sp³-hybridized carbons (Fsp3) is 0.714. The van der Waals surface area contributed by atoms with Crippen LogP contribution in [0.2, 0.25) is 16.6 Å². The van der Waals surface area contributed by atoms with Gasteiger partial charge in [0.15, 0.2) is 14.1 Å². The molecule has 2 aromatic rings. The molecule has 2 saturated carbocycles. The second-order valence-corrected chi connectivity index (χ2v) is 20.6. The number of Topliss-reactive ketones (excluding diaryl/α,β-unsaturated/α-hetero) is 1. The molecule has 224 valence electrons. The molecule has 0 amide bonds. The van der Waals surface area contributed by atoms with Gasteiger partial charge in [0, 0.05) is 36.7 Å². The molecule has 5 nitrogen and oxygen atoms in total. The van der Waals surface area contributed by atoms with Crippen LogP contribution in [0.3, 0.4) is 0 Å². The molecule has 2 bridgehead atoms. The van der Waals surface area contributed by atoms with E-state index in [0.29, 0.717) is 41.5 Å². The van der Waals surface area contributed by atoms with E-state index in [1.54, 1.807) is 0 Å². The maximum atomic E-state index is 13.9. The maximum absolute atomic E-state index is 13.9. The highest BCUT2D eigenvalue weighted by molar-refractivity contribution is 6.77. The summed E-state index contributed by atoms with van der Waals surface area (Å²) in [6.45, 7) is 16.9. The molecule has 7 atom stereocenters. The topological polar surface area (TPSA) is 68.7 Å². The number of ether oxygens (including phenoxy) is 1. The minimum Gasteiger partial charge on any atom is -0.416 e. The predicted octanol–water partition coefficient (Wildman–Crippen LogP) is 7.96. The summed E-state index contributed by atoms with van der Waals surface area (Å²) in [5, 5.41) is 13.9. The largest absolute Gasteiger partial charge is 0.416 e. The first-order valence-corrected chi connectivity index (χ1v) is 18.4. The zero-order valence-corrected chi connectivity index (χ0v) is 27.3. The molecule has 1 aromatic heterocycles. The summed E-state index contributed by atoms with van der Waals surface area (Å²) >= 11 is 0. The molecule has 4 aliphatic rings. The van der Waals surface area contributed by atoms with E-state index >= 15 is 0 Å². The van der Waals surface area contributed by atoms with Gasteiger partial charge in [0.05, 0.1) is 5.60 Å². The van der Waals surface area contributed by atoms with E-state index < -0.39 is 25.6 Å². The number of hydrogen-bond donors (Lipinski definition) is 1. The van der Waals surface area contributed by atoms with Crippen molar-refractivity contribution in [2.45, 2.75) is 133 Å². The van der Waals surface area contributed by atoms with Crippen molar-refractivity contribution in [2.24, 2.45) is 17.3 Å². The number of rotatable bonds is 8. The van der Waals surface area contributed by atoms with Gasteiger partial charge in [0.2, 0.25) is 0 Å². The molecule has 1 spiro atoms. The maximum Gasteiger partial charge on any atom is 0.200 e. The smallest absolute Gasteiger partial charge is 0.200 e. The third-order valence-electron chi connectivity index (χ3n) is 12.6. The minimum atomic E-state index is -2.05. The van der Waals surface area contributed by atoms with Crippen molar-refractivity contribution in [2.75, 3.05) is 6.61 Å². The van der Waals surface area contributed by atoms with Crippen LogP contribution >= 0.6 is 0 Å². The van der Waals surface area contributed by atoms with Crippen LogP contribution in [0.15, 0.2) is 36.7 Å². The summed E-state index contributed by atoms with van der Waals surface area (Å²) in [6.07, 6.45) is 8.99. The van der Waals surface area contributed by atoms with Gasteiger partial charge in [-0.1, -0.05) is 60.6 Å². The lowest BCUT2D eigenvalue weighted by Crippen LogP contribution is -2.66. The summed E-state index contributed by atoms with van der Waals surface area (Å²) in [4.78, 5) is 18.3. The summed E-state index contributed by atoms with van der Waals surface area (Å²) in [5.41, 5.74) is 1.68. The lowest BCUT2D eigenvalue weighted by atomic mass is 9.53. The number of carbonyl (C=O) groups excluding carboxylic acids is 1. The number of benzene rings is 1. The lowest BCUT2D eigenvalue weighted by Gasteiger charge is -2.58. The van der Waals surface area contributed by atoms with Crippen molar-refractivity contribution < 1.29 is 19.1 Å². The van der Waals surface area contributed by atoms with Crippen LogP contribution in [0.25, 0.3) is 10.8 Å². The molecule has 2 saturated heterocycles. The number of ketones is 1. The molecular formula is C35H51NO4Si. The van der Waals surface area contributed by atoms with E-state index in [1.807, 2.05) is 12.4 Å². The van der Waals surface area contributed by atoms with Crippen LogP contribution < -0.4 is 0 Å². The van der Waals surface area contributed by atoms with Crippen molar-refractivity contribution in [1.82, 2.24) is 4.98 Å². The Bertz CT molecular complexity index is 1290. The number of aromatic nitrogens is 1. The number of hydrogen-bond acceptors (Lipinski definition) is 5. The molecule has 6 rings (SSSR count). The van der Waals surface area contributed by atoms with Gasteiger partial charge in [-0.2, -0.15) is 0 Å². The Morgan fingerprint density at radius 3 is 2.41 bits per heavy atom. The average Bonchev–Trinajstić information content (AvgIpc) is 3.47. The Balaban J connectivity index is 1.27.